The molecule has 1 aromatic carbocycles. The van der Waals surface area contributed by atoms with Gasteiger partial charge in [-0.3, -0.25) is 4.79 Å². The summed E-state index contributed by atoms with van der Waals surface area (Å²) in [6.45, 7) is 1.37. The molecule has 1 aliphatic rings. The van der Waals surface area contributed by atoms with Crippen molar-refractivity contribution in [2.75, 3.05) is 19.5 Å². The summed E-state index contributed by atoms with van der Waals surface area (Å²) in [6.07, 6.45) is 0. The highest BCUT2D eigenvalue weighted by Crippen LogP contribution is 2.63. The van der Waals surface area contributed by atoms with Crippen molar-refractivity contribution in [3.05, 3.63) is 34.9 Å². The van der Waals surface area contributed by atoms with Crippen LogP contribution in [0.15, 0.2) is 24.3 Å². The van der Waals surface area contributed by atoms with Gasteiger partial charge in [-0.2, -0.15) is 0 Å². The Morgan fingerprint density at radius 3 is 2.62 bits per heavy atom. The van der Waals surface area contributed by atoms with Crippen molar-refractivity contribution < 1.29 is 23.1 Å². The first-order valence-corrected chi connectivity index (χ1v) is 8.60. The topological polar surface area (TPSA) is 80.7 Å². The second kappa shape index (κ2) is 5.59. The Morgan fingerprint density at radius 1 is 1.48 bits per heavy atom. The molecule has 1 aliphatic carbocycles. The maximum absolute atomic E-state index is 12.3. The standard InChI is InChI=1S/C14H17ClO5S/c1-3-21(18,19)12-11(9-5-4-6-10(15)7-9)14(12,8-20-2)13(16)17/h4-7,11-12H,3,8H2,1-2H3,(H,16,17)/t11-,12+,14-/m0/s1. The summed E-state index contributed by atoms with van der Waals surface area (Å²) in [6, 6.07) is 6.67. The first-order chi connectivity index (χ1) is 9.81. The summed E-state index contributed by atoms with van der Waals surface area (Å²) in [7, 11) is -2.15. The van der Waals surface area contributed by atoms with Gasteiger partial charge in [-0.25, -0.2) is 8.42 Å². The predicted octanol–water partition coefficient (Wildman–Crippen LogP) is 1.96. The molecule has 0 spiro atoms. The molecule has 0 amide bonds. The first-order valence-electron chi connectivity index (χ1n) is 6.50. The molecule has 3 atom stereocenters. The van der Waals surface area contributed by atoms with E-state index in [9.17, 15) is 18.3 Å². The van der Waals surface area contributed by atoms with Gasteiger partial charge in [0.15, 0.2) is 9.84 Å². The zero-order valence-corrected chi connectivity index (χ0v) is 13.3. The molecule has 0 saturated heterocycles. The molecular weight excluding hydrogens is 316 g/mol. The van der Waals surface area contributed by atoms with Crippen molar-refractivity contribution in [2.45, 2.75) is 18.1 Å². The van der Waals surface area contributed by atoms with Gasteiger partial charge >= 0.3 is 5.97 Å². The molecule has 0 radical (unpaired) electrons. The fraction of sp³-hybridized carbons (Fsp3) is 0.500. The SMILES string of the molecule is CCS(=O)(=O)[C@@H]1[C@H](c2cccc(Cl)c2)[C@]1(COC)C(=O)O. The van der Waals surface area contributed by atoms with E-state index in [1.807, 2.05) is 0 Å². The number of halogens is 1. The van der Waals surface area contributed by atoms with Crippen molar-refractivity contribution in [2.24, 2.45) is 5.41 Å². The lowest BCUT2D eigenvalue weighted by atomic mass is 10.00. The average molecular weight is 333 g/mol. The molecule has 0 heterocycles. The van der Waals surface area contributed by atoms with Crippen LogP contribution >= 0.6 is 11.6 Å². The van der Waals surface area contributed by atoms with E-state index >= 15 is 0 Å². The van der Waals surface area contributed by atoms with Crippen LogP contribution in [-0.2, 0) is 19.4 Å². The third-order valence-electron chi connectivity index (χ3n) is 4.03. The zero-order valence-electron chi connectivity index (χ0n) is 11.7. The van der Waals surface area contributed by atoms with E-state index in [2.05, 4.69) is 0 Å². The number of rotatable bonds is 6. The Labute approximate surface area is 128 Å². The summed E-state index contributed by atoms with van der Waals surface area (Å²) in [5, 5.41) is 9.06. The lowest BCUT2D eigenvalue weighted by molar-refractivity contribution is -0.145. The number of hydrogen-bond acceptors (Lipinski definition) is 4. The van der Waals surface area contributed by atoms with E-state index in [1.165, 1.54) is 14.0 Å². The normalized spacial score (nSPS) is 28.3. The van der Waals surface area contributed by atoms with Gasteiger partial charge in [-0.05, 0) is 17.7 Å². The van der Waals surface area contributed by atoms with Gasteiger partial charge in [0.05, 0.1) is 11.9 Å². The lowest BCUT2D eigenvalue weighted by Gasteiger charge is -2.11. The fourth-order valence-electron chi connectivity index (χ4n) is 3.01. The highest BCUT2D eigenvalue weighted by molar-refractivity contribution is 7.92. The molecule has 1 saturated carbocycles. The number of sulfone groups is 1. The first kappa shape index (κ1) is 16.3. The van der Waals surface area contributed by atoms with Crippen LogP contribution in [0.25, 0.3) is 0 Å². The third kappa shape index (κ3) is 2.56. The van der Waals surface area contributed by atoms with Crippen molar-refractivity contribution >= 4 is 27.4 Å². The van der Waals surface area contributed by atoms with Crippen molar-refractivity contribution in [1.29, 1.82) is 0 Å². The van der Waals surface area contributed by atoms with E-state index < -0.39 is 32.4 Å². The van der Waals surface area contributed by atoms with Crippen LogP contribution in [0.5, 0.6) is 0 Å². The zero-order chi connectivity index (χ0) is 15.8. The number of hydrogen-bond donors (Lipinski definition) is 1. The van der Waals surface area contributed by atoms with Crippen LogP contribution in [0, 0.1) is 5.41 Å². The number of benzene rings is 1. The molecule has 7 heteroatoms. The summed E-state index contributed by atoms with van der Waals surface area (Å²) in [4.78, 5) is 11.7. The van der Waals surface area contributed by atoms with Crippen LogP contribution in [0.2, 0.25) is 5.02 Å². The van der Waals surface area contributed by atoms with Gasteiger partial charge in [0.25, 0.3) is 0 Å². The van der Waals surface area contributed by atoms with E-state index in [0.29, 0.717) is 10.6 Å². The van der Waals surface area contributed by atoms with E-state index in [0.717, 1.165) is 0 Å². The fourth-order valence-corrected chi connectivity index (χ4v) is 5.26. The smallest absolute Gasteiger partial charge is 0.314 e. The van der Waals surface area contributed by atoms with Gasteiger partial charge in [-0.1, -0.05) is 30.7 Å². The van der Waals surface area contributed by atoms with E-state index in [4.69, 9.17) is 16.3 Å². The monoisotopic (exact) mass is 332 g/mol. The summed E-state index contributed by atoms with van der Waals surface area (Å²) in [5.41, 5.74) is -0.821. The number of carboxylic acids is 1. The minimum atomic E-state index is -3.51. The Balaban J connectivity index is 2.54. The summed E-state index contributed by atoms with van der Waals surface area (Å²) < 4.78 is 29.6. The maximum atomic E-state index is 12.3. The minimum Gasteiger partial charge on any atom is -0.481 e. The van der Waals surface area contributed by atoms with Crippen LogP contribution in [0.4, 0.5) is 0 Å². The third-order valence-corrected chi connectivity index (χ3v) is 6.54. The number of carboxylic acid groups (broad SMARTS) is 1. The molecule has 0 aromatic heterocycles. The van der Waals surface area contributed by atoms with Crippen LogP contribution in [0.1, 0.15) is 18.4 Å². The van der Waals surface area contributed by atoms with Crippen LogP contribution in [0.3, 0.4) is 0 Å². The Hall–Kier alpha value is -1.11. The molecule has 1 aromatic rings. The molecule has 2 rings (SSSR count). The highest BCUT2D eigenvalue weighted by atomic mass is 35.5. The minimum absolute atomic E-state index is 0.104. The molecule has 21 heavy (non-hydrogen) atoms. The van der Waals surface area contributed by atoms with Crippen molar-refractivity contribution in [3.8, 4) is 0 Å². The number of carbonyl (C=O) groups is 1. The van der Waals surface area contributed by atoms with Crippen molar-refractivity contribution in [3.63, 3.8) is 0 Å². The molecule has 5 nitrogen and oxygen atoms in total. The number of methoxy groups -OCH3 is 1. The molecule has 116 valence electrons. The Kier molecular flexibility index (Phi) is 4.33. The van der Waals surface area contributed by atoms with Gasteiger partial charge in [0, 0.05) is 23.8 Å². The van der Waals surface area contributed by atoms with Gasteiger partial charge in [0.2, 0.25) is 0 Å². The maximum Gasteiger partial charge on any atom is 0.314 e. The molecule has 0 aliphatic heterocycles. The average Bonchev–Trinajstić information content (AvgIpc) is 3.10. The van der Waals surface area contributed by atoms with Gasteiger partial charge in [0.1, 0.15) is 5.41 Å². The lowest BCUT2D eigenvalue weighted by Crippen LogP contribution is -2.29. The largest absolute Gasteiger partial charge is 0.481 e. The Morgan fingerprint density at radius 2 is 2.14 bits per heavy atom. The molecule has 1 N–H and O–H groups in total. The second-order valence-electron chi connectivity index (χ2n) is 5.18. The van der Waals surface area contributed by atoms with Gasteiger partial charge in [-0.15, -0.1) is 0 Å². The van der Waals surface area contributed by atoms with Crippen LogP contribution in [-0.4, -0.2) is 44.2 Å². The van der Waals surface area contributed by atoms with Crippen LogP contribution < -0.4 is 0 Å². The van der Waals surface area contributed by atoms with E-state index in [1.54, 1.807) is 24.3 Å². The highest BCUT2D eigenvalue weighted by Gasteiger charge is 2.75. The molecule has 1 fully saturated rings. The Bertz CT molecular complexity index is 657. The second-order valence-corrected chi connectivity index (χ2v) is 8.03. The molecule has 0 bridgehead atoms. The summed E-state index contributed by atoms with van der Waals surface area (Å²) >= 11 is 5.93. The van der Waals surface area contributed by atoms with E-state index in [-0.39, 0.29) is 12.4 Å². The predicted molar refractivity (Wildman–Crippen MR) is 79.4 cm³/mol. The number of aliphatic carboxylic acids is 1. The quantitative estimate of drug-likeness (QED) is 0.861. The summed E-state index contributed by atoms with van der Waals surface area (Å²) in [5.74, 6) is -1.90. The molecular formula is C14H17ClO5S. The van der Waals surface area contributed by atoms with Gasteiger partial charge < -0.3 is 9.84 Å². The van der Waals surface area contributed by atoms with Crippen molar-refractivity contribution in [1.82, 2.24) is 0 Å². The molecule has 0 unspecified atom stereocenters. The number of ether oxygens (including phenoxy) is 1.